The van der Waals surface area contributed by atoms with Gasteiger partial charge in [-0.2, -0.15) is 0 Å². The Balaban J connectivity index is 1.87. The van der Waals surface area contributed by atoms with Crippen LogP contribution in [-0.2, 0) is 4.79 Å². The number of aryl methyl sites for hydroxylation is 1. The summed E-state index contributed by atoms with van der Waals surface area (Å²) in [6, 6.07) is 9.96. The van der Waals surface area contributed by atoms with E-state index < -0.39 is 0 Å². The molecule has 3 nitrogen and oxygen atoms in total. The molecule has 1 saturated heterocycles. The molecular formula is C16H14N2OS2. The number of nitrogens with zero attached hydrogens (tertiary/aromatic N) is 1. The SMILES string of the molecule is Cc1cccc(N=C2NC(=O)C(=Cc3cccs3)S2)c1C. The maximum Gasteiger partial charge on any atom is 0.264 e. The van der Waals surface area contributed by atoms with Crippen molar-refractivity contribution in [1.82, 2.24) is 5.32 Å². The fourth-order valence-corrected chi connectivity index (χ4v) is 3.51. The number of amides is 1. The summed E-state index contributed by atoms with van der Waals surface area (Å²) in [7, 11) is 0. The molecule has 5 heteroatoms. The van der Waals surface area contributed by atoms with Crippen LogP contribution in [-0.4, -0.2) is 11.1 Å². The van der Waals surface area contributed by atoms with Gasteiger partial charge in [0.1, 0.15) is 0 Å². The van der Waals surface area contributed by atoms with Crippen LogP contribution in [0.1, 0.15) is 16.0 Å². The molecule has 106 valence electrons. The highest BCUT2D eigenvalue weighted by atomic mass is 32.2. The van der Waals surface area contributed by atoms with Gasteiger partial charge in [0.15, 0.2) is 5.17 Å². The van der Waals surface area contributed by atoms with Crippen molar-refractivity contribution in [1.29, 1.82) is 0 Å². The summed E-state index contributed by atoms with van der Waals surface area (Å²) >= 11 is 3.00. The molecule has 0 radical (unpaired) electrons. The summed E-state index contributed by atoms with van der Waals surface area (Å²) in [5.74, 6) is -0.0857. The van der Waals surface area contributed by atoms with Crippen molar-refractivity contribution in [2.45, 2.75) is 13.8 Å². The predicted molar refractivity (Wildman–Crippen MR) is 91.0 cm³/mol. The second-order valence-electron chi connectivity index (χ2n) is 4.72. The Morgan fingerprint density at radius 3 is 2.81 bits per heavy atom. The Hall–Kier alpha value is -1.85. The first-order valence-corrected chi connectivity index (χ1v) is 8.22. The smallest absolute Gasteiger partial charge is 0.264 e. The van der Waals surface area contributed by atoms with Crippen molar-refractivity contribution in [3.63, 3.8) is 0 Å². The summed E-state index contributed by atoms with van der Waals surface area (Å²) in [6.45, 7) is 4.10. The van der Waals surface area contributed by atoms with E-state index in [-0.39, 0.29) is 5.91 Å². The standard InChI is InChI=1S/C16H14N2OS2/c1-10-5-3-7-13(11(10)2)17-16-18-15(19)14(21-16)9-12-6-4-8-20-12/h3-9H,1-2H3,(H,17,18,19). The number of hydrogen-bond donors (Lipinski definition) is 1. The molecule has 21 heavy (non-hydrogen) atoms. The van der Waals surface area contributed by atoms with Crippen LogP contribution in [0.5, 0.6) is 0 Å². The van der Waals surface area contributed by atoms with Gasteiger partial charge in [-0.1, -0.05) is 18.2 Å². The molecule has 2 aromatic rings. The van der Waals surface area contributed by atoms with Crippen molar-refractivity contribution < 1.29 is 4.79 Å². The van der Waals surface area contributed by atoms with Gasteiger partial charge in [-0.15, -0.1) is 11.3 Å². The molecule has 1 amide bonds. The number of hydrogen-bond acceptors (Lipinski definition) is 4. The number of thioether (sulfide) groups is 1. The van der Waals surface area contributed by atoms with Gasteiger partial charge in [-0.3, -0.25) is 4.79 Å². The molecule has 1 aromatic heterocycles. The van der Waals surface area contributed by atoms with E-state index in [0.717, 1.165) is 16.1 Å². The van der Waals surface area contributed by atoms with Crippen molar-refractivity contribution in [3.8, 4) is 0 Å². The van der Waals surface area contributed by atoms with E-state index >= 15 is 0 Å². The van der Waals surface area contributed by atoms with Crippen molar-refractivity contribution >= 4 is 45.9 Å². The molecule has 0 bridgehead atoms. The van der Waals surface area contributed by atoms with Crippen LogP contribution in [0.3, 0.4) is 0 Å². The number of amidine groups is 1. The monoisotopic (exact) mass is 314 g/mol. The van der Waals surface area contributed by atoms with Crippen LogP contribution in [0.2, 0.25) is 0 Å². The molecule has 0 spiro atoms. The lowest BCUT2D eigenvalue weighted by Crippen LogP contribution is -2.19. The first-order chi connectivity index (χ1) is 10.1. The molecule has 0 saturated carbocycles. The van der Waals surface area contributed by atoms with E-state index in [0.29, 0.717) is 10.1 Å². The number of thiophene rings is 1. The van der Waals surface area contributed by atoms with Gasteiger partial charge in [0.05, 0.1) is 10.6 Å². The minimum atomic E-state index is -0.0857. The van der Waals surface area contributed by atoms with E-state index in [4.69, 9.17) is 0 Å². The third kappa shape index (κ3) is 3.09. The highest BCUT2D eigenvalue weighted by Gasteiger charge is 2.24. The molecule has 1 N–H and O–H groups in total. The Labute approximate surface area is 131 Å². The van der Waals surface area contributed by atoms with E-state index in [1.165, 1.54) is 17.3 Å². The summed E-state index contributed by atoms with van der Waals surface area (Å²) in [5.41, 5.74) is 3.23. The van der Waals surface area contributed by atoms with E-state index in [1.54, 1.807) is 11.3 Å². The number of rotatable bonds is 2. The van der Waals surface area contributed by atoms with E-state index in [9.17, 15) is 4.79 Å². The van der Waals surface area contributed by atoms with Gasteiger partial charge < -0.3 is 5.32 Å². The largest absolute Gasteiger partial charge is 0.300 e. The van der Waals surface area contributed by atoms with E-state index in [2.05, 4.69) is 23.3 Å². The minimum absolute atomic E-state index is 0.0857. The van der Waals surface area contributed by atoms with Crippen LogP contribution in [0.25, 0.3) is 6.08 Å². The van der Waals surface area contributed by atoms with Gasteiger partial charge in [-0.05, 0) is 60.3 Å². The second-order valence-corrected chi connectivity index (χ2v) is 6.73. The summed E-state index contributed by atoms with van der Waals surface area (Å²) in [4.78, 5) is 18.3. The minimum Gasteiger partial charge on any atom is -0.300 e. The molecular weight excluding hydrogens is 300 g/mol. The predicted octanol–water partition coefficient (Wildman–Crippen LogP) is 4.26. The molecule has 1 aliphatic heterocycles. The number of nitrogens with one attached hydrogen (secondary N) is 1. The van der Waals surface area contributed by atoms with Gasteiger partial charge in [0.25, 0.3) is 5.91 Å². The number of benzene rings is 1. The third-order valence-electron chi connectivity index (χ3n) is 3.27. The summed E-state index contributed by atoms with van der Waals surface area (Å²) < 4.78 is 0. The average molecular weight is 314 g/mol. The van der Waals surface area contributed by atoms with Crippen LogP contribution < -0.4 is 5.32 Å². The van der Waals surface area contributed by atoms with Crippen LogP contribution in [0.15, 0.2) is 45.6 Å². The third-order valence-corrected chi connectivity index (χ3v) is 4.99. The lowest BCUT2D eigenvalue weighted by Gasteiger charge is -2.04. The van der Waals surface area contributed by atoms with Crippen LogP contribution in [0.4, 0.5) is 5.69 Å². The lowest BCUT2D eigenvalue weighted by atomic mass is 10.1. The Morgan fingerprint density at radius 2 is 2.05 bits per heavy atom. The van der Waals surface area contributed by atoms with Gasteiger partial charge >= 0.3 is 0 Å². The van der Waals surface area contributed by atoms with Gasteiger partial charge in [0.2, 0.25) is 0 Å². The van der Waals surface area contributed by atoms with Crippen molar-refractivity contribution in [3.05, 3.63) is 56.6 Å². The fraction of sp³-hybridized carbons (Fsp3) is 0.125. The molecule has 1 fully saturated rings. The Kier molecular flexibility index (Phi) is 3.94. The Morgan fingerprint density at radius 1 is 1.19 bits per heavy atom. The first-order valence-electron chi connectivity index (χ1n) is 6.53. The van der Waals surface area contributed by atoms with Gasteiger partial charge in [-0.25, -0.2) is 4.99 Å². The quantitative estimate of drug-likeness (QED) is 0.842. The summed E-state index contributed by atoms with van der Waals surface area (Å²) in [5, 5.41) is 5.45. The molecule has 3 rings (SSSR count). The highest BCUT2D eigenvalue weighted by molar-refractivity contribution is 8.18. The van der Waals surface area contributed by atoms with Crippen molar-refractivity contribution in [2.24, 2.45) is 4.99 Å². The van der Waals surface area contributed by atoms with Crippen LogP contribution in [0, 0.1) is 13.8 Å². The van der Waals surface area contributed by atoms with Crippen LogP contribution >= 0.6 is 23.1 Å². The highest BCUT2D eigenvalue weighted by Crippen LogP contribution is 2.30. The molecule has 1 aliphatic rings. The number of carbonyl (C=O) groups excluding carboxylic acids is 1. The lowest BCUT2D eigenvalue weighted by molar-refractivity contribution is -0.115. The first kappa shape index (κ1) is 14.1. The summed E-state index contributed by atoms with van der Waals surface area (Å²) in [6.07, 6.45) is 1.90. The zero-order valence-corrected chi connectivity index (χ0v) is 13.3. The number of carbonyl (C=O) groups is 1. The Bertz CT molecular complexity index is 746. The van der Waals surface area contributed by atoms with E-state index in [1.807, 2.05) is 42.6 Å². The maximum atomic E-state index is 12.0. The average Bonchev–Trinajstić information content (AvgIpc) is 3.07. The van der Waals surface area contributed by atoms with Gasteiger partial charge in [0, 0.05) is 4.88 Å². The zero-order valence-electron chi connectivity index (χ0n) is 11.7. The maximum absolute atomic E-state index is 12.0. The molecule has 0 unspecified atom stereocenters. The molecule has 0 aliphatic carbocycles. The molecule has 2 heterocycles. The normalized spacial score (nSPS) is 18.5. The number of aliphatic imine (C=N–C) groups is 1. The molecule has 1 aromatic carbocycles. The fourth-order valence-electron chi connectivity index (χ4n) is 1.95. The topological polar surface area (TPSA) is 41.5 Å². The zero-order chi connectivity index (χ0) is 14.8. The molecule has 0 atom stereocenters. The second kappa shape index (κ2) is 5.87. The van der Waals surface area contributed by atoms with Crippen molar-refractivity contribution in [2.75, 3.05) is 0 Å².